The second-order valence-corrected chi connectivity index (χ2v) is 6.03. The third-order valence-corrected chi connectivity index (χ3v) is 3.21. The SMILES string of the molecule is CC(=O)c1cccc(NC(=O)C(C)N(C)CC(C)(C)O)c1. The zero-order valence-corrected chi connectivity index (χ0v) is 13.3. The van der Waals surface area contributed by atoms with Crippen LogP contribution in [0.5, 0.6) is 0 Å². The van der Waals surface area contributed by atoms with Crippen molar-refractivity contribution in [2.75, 3.05) is 18.9 Å². The molecule has 0 aliphatic carbocycles. The summed E-state index contributed by atoms with van der Waals surface area (Å²) in [7, 11) is 1.79. The van der Waals surface area contributed by atoms with Gasteiger partial charge in [0, 0.05) is 17.8 Å². The first-order valence-corrected chi connectivity index (χ1v) is 6.94. The van der Waals surface area contributed by atoms with Gasteiger partial charge in [-0.1, -0.05) is 12.1 Å². The van der Waals surface area contributed by atoms with Gasteiger partial charge < -0.3 is 10.4 Å². The van der Waals surface area contributed by atoms with Crippen molar-refractivity contribution >= 4 is 17.4 Å². The fourth-order valence-electron chi connectivity index (χ4n) is 2.01. The average molecular weight is 292 g/mol. The Morgan fingerprint density at radius 3 is 2.52 bits per heavy atom. The number of Topliss-reactive ketones (excluding diaryl/α,β-unsaturated/α-hetero) is 1. The first-order chi connectivity index (χ1) is 9.60. The number of benzene rings is 1. The molecule has 0 spiro atoms. The lowest BCUT2D eigenvalue weighted by atomic mass is 10.1. The summed E-state index contributed by atoms with van der Waals surface area (Å²) in [5.41, 5.74) is 0.291. The van der Waals surface area contributed by atoms with Gasteiger partial charge in [-0.2, -0.15) is 0 Å². The van der Waals surface area contributed by atoms with Gasteiger partial charge in [-0.05, 0) is 46.9 Å². The lowest BCUT2D eigenvalue weighted by molar-refractivity contribution is -0.121. The van der Waals surface area contributed by atoms with Crippen LogP contribution in [0.2, 0.25) is 0 Å². The molecule has 1 atom stereocenters. The number of nitrogens with one attached hydrogen (secondary N) is 1. The summed E-state index contributed by atoms with van der Waals surface area (Å²) in [6.45, 7) is 7.04. The van der Waals surface area contributed by atoms with Gasteiger partial charge in [0.2, 0.25) is 5.91 Å². The van der Waals surface area contributed by atoms with Crippen molar-refractivity contribution in [3.63, 3.8) is 0 Å². The third kappa shape index (κ3) is 5.65. The Labute approximate surface area is 126 Å². The Bertz CT molecular complexity index is 520. The molecule has 0 saturated heterocycles. The fourth-order valence-corrected chi connectivity index (χ4v) is 2.01. The summed E-state index contributed by atoms with van der Waals surface area (Å²) in [5, 5.41) is 12.6. The molecule has 1 rings (SSSR count). The second-order valence-electron chi connectivity index (χ2n) is 6.03. The number of likely N-dealkylation sites (N-methyl/N-ethyl adjacent to an activating group) is 1. The maximum Gasteiger partial charge on any atom is 0.241 e. The predicted octanol–water partition coefficient (Wildman–Crippen LogP) is 1.92. The summed E-state index contributed by atoms with van der Waals surface area (Å²) < 4.78 is 0. The highest BCUT2D eigenvalue weighted by Crippen LogP contribution is 2.13. The molecule has 0 aromatic heterocycles. The van der Waals surface area contributed by atoms with Crippen molar-refractivity contribution in [1.82, 2.24) is 4.90 Å². The number of hydrogen-bond acceptors (Lipinski definition) is 4. The number of carbonyl (C=O) groups is 2. The molecule has 116 valence electrons. The molecule has 0 bridgehead atoms. The van der Waals surface area contributed by atoms with E-state index in [0.29, 0.717) is 17.8 Å². The molecule has 2 N–H and O–H groups in total. The Morgan fingerprint density at radius 1 is 1.38 bits per heavy atom. The number of hydrogen-bond donors (Lipinski definition) is 2. The van der Waals surface area contributed by atoms with E-state index < -0.39 is 11.6 Å². The number of ketones is 1. The average Bonchev–Trinajstić information content (AvgIpc) is 2.36. The minimum Gasteiger partial charge on any atom is -0.389 e. The van der Waals surface area contributed by atoms with Gasteiger partial charge in [0.15, 0.2) is 5.78 Å². The van der Waals surface area contributed by atoms with Crippen LogP contribution >= 0.6 is 0 Å². The van der Waals surface area contributed by atoms with Crippen LogP contribution in [0.3, 0.4) is 0 Å². The van der Waals surface area contributed by atoms with Crippen LogP contribution in [0.4, 0.5) is 5.69 Å². The van der Waals surface area contributed by atoms with E-state index in [1.807, 2.05) is 0 Å². The molecule has 1 unspecified atom stereocenters. The highest BCUT2D eigenvalue weighted by atomic mass is 16.3. The lowest BCUT2D eigenvalue weighted by Gasteiger charge is -2.29. The van der Waals surface area contributed by atoms with Crippen LogP contribution in [0.15, 0.2) is 24.3 Å². The van der Waals surface area contributed by atoms with E-state index in [2.05, 4.69) is 5.32 Å². The van der Waals surface area contributed by atoms with Crippen molar-refractivity contribution in [2.24, 2.45) is 0 Å². The van der Waals surface area contributed by atoms with Crippen molar-refractivity contribution < 1.29 is 14.7 Å². The number of rotatable bonds is 6. The van der Waals surface area contributed by atoms with Gasteiger partial charge in [-0.25, -0.2) is 0 Å². The van der Waals surface area contributed by atoms with E-state index in [-0.39, 0.29) is 11.7 Å². The molecule has 21 heavy (non-hydrogen) atoms. The molecular weight excluding hydrogens is 268 g/mol. The molecule has 0 heterocycles. The van der Waals surface area contributed by atoms with E-state index in [1.165, 1.54) is 6.92 Å². The zero-order valence-electron chi connectivity index (χ0n) is 13.3. The number of amides is 1. The van der Waals surface area contributed by atoms with Gasteiger partial charge in [0.25, 0.3) is 0 Å². The van der Waals surface area contributed by atoms with Crippen molar-refractivity contribution in [2.45, 2.75) is 39.3 Å². The molecule has 5 nitrogen and oxygen atoms in total. The van der Waals surface area contributed by atoms with E-state index >= 15 is 0 Å². The smallest absolute Gasteiger partial charge is 0.241 e. The summed E-state index contributed by atoms with van der Waals surface area (Å²) in [6, 6.07) is 6.45. The first kappa shape index (κ1) is 17.3. The molecule has 1 amide bonds. The van der Waals surface area contributed by atoms with E-state index in [1.54, 1.807) is 57.0 Å². The molecule has 0 radical (unpaired) electrons. The summed E-state index contributed by atoms with van der Waals surface area (Å²) in [5.74, 6) is -0.222. The minimum absolute atomic E-state index is 0.0432. The molecular formula is C16H24N2O3. The molecule has 5 heteroatoms. The van der Waals surface area contributed by atoms with E-state index in [4.69, 9.17) is 0 Å². The van der Waals surface area contributed by atoms with Gasteiger partial charge in [0.1, 0.15) is 0 Å². The van der Waals surface area contributed by atoms with Gasteiger partial charge in [-0.15, -0.1) is 0 Å². The Hall–Kier alpha value is -1.72. The fraction of sp³-hybridized carbons (Fsp3) is 0.500. The number of anilines is 1. The quantitative estimate of drug-likeness (QED) is 0.786. The van der Waals surface area contributed by atoms with Gasteiger partial charge >= 0.3 is 0 Å². The summed E-state index contributed by atoms with van der Waals surface area (Å²) in [4.78, 5) is 25.3. The third-order valence-electron chi connectivity index (χ3n) is 3.21. The highest BCUT2D eigenvalue weighted by molar-refractivity contribution is 5.98. The zero-order chi connectivity index (χ0) is 16.2. The topological polar surface area (TPSA) is 69.6 Å². The van der Waals surface area contributed by atoms with Gasteiger partial charge in [-0.3, -0.25) is 14.5 Å². The predicted molar refractivity (Wildman–Crippen MR) is 83.5 cm³/mol. The van der Waals surface area contributed by atoms with Crippen LogP contribution in [0.25, 0.3) is 0 Å². The van der Waals surface area contributed by atoms with E-state index in [9.17, 15) is 14.7 Å². The number of aliphatic hydroxyl groups is 1. The van der Waals surface area contributed by atoms with E-state index in [0.717, 1.165) is 0 Å². The molecule has 0 aliphatic rings. The monoisotopic (exact) mass is 292 g/mol. The van der Waals surface area contributed by atoms with Gasteiger partial charge in [0.05, 0.1) is 11.6 Å². The molecule has 1 aromatic rings. The van der Waals surface area contributed by atoms with Crippen LogP contribution in [-0.2, 0) is 4.79 Å². The van der Waals surface area contributed by atoms with Crippen LogP contribution < -0.4 is 5.32 Å². The second kappa shape index (κ2) is 6.83. The minimum atomic E-state index is -0.863. The van der Waals surface area contributed by atoms with Crippen LogP contribution in [-0.4, -0.2) is 46.9 Å². The van der Waals surface area contributed by atoms with Crippen molar-refractivity contribution in [3.05, 3.63) is 29.8 Å². The van der Waals surface area contributed by atoms with Crippen LogP contribution in [0, 0.1) is 0 Å². The normalized spacial score (nSPS) is 13.1. The molecule has 0 aliphatic heterocycles. The molecule has 0 saturated carbocycles. The molecule has 0 fully saturated rings. The number of carbonyl (C=O) groups excluding carboxylic acids is 2. The Kier molecular flexibility index (Phi) is 5.63. The highest BCUT2D eigenvalue weighted by Gasteiger charge is 2.23. The Balaban J connectivity index is 2.72. The molecule has 1 aromatic carbocycles. The largest absolute Gasteiger partial charge is 0.389 e. The number of nitrogens with zero attached hydrogens (tertiary/aromatic N) is 1. The van der Waals surface area contributed by atoms with Crippen LogP contribution in [0.1, 0.15) is 38.1 Å². The maximum atomic E-state index is 12.2. The lowest BCUT2D eigenvalue weighted by Crippen LogP contribution is -2.46. The van der Waals surface area contributed by atoms with Crippen molar-refractivity contribution in [3.8, 4) is 0 Å². The standard InChI is InChI=1S/C16H24N2O3/c1-11(18(5)10-16(3,4)21)15(20)17-14-8-6-7-13(9-14)12(2)19/h6-9,11,21H,10H2,1-5H3,(H,17,20). The summed E-state index contributed by atoms with van der Waals surface area (Å²) >= 11 is 0. The Morgan fingerprint density at radius 2 is 2.00 bits per heavy atom. The first-order valence-electron chi connectivity index (χ1n) is 6.94. The maximum absolute atomic E-state index is 12.2. The summed E-state index contributed by atoms with van der Waals surface area (Å²) in [6.07, 6.45) is 0. The van der Waals surface area contributed by atoms with Crippen molar-refractivity contribution in [1.29, 1.82) is 0 Å².